The van der Waals surface area contributed by atoms with E-state index in [0.717, 1.165) is 25.7 Å². The van der Waals surface area contributed by atoms with Crippen molar-refractivity contribution in [2.45, 2.75) is 111 Å². The van der Waals surface area contributed by atoms with Crippen LogP contribution in [0.4, 0.5) is 0 Å². The molecule has 1 saturated heterocycles. The predicted octanol–water partition coefficient (Wildman–Crippen LogP) is 1.84. The van der Waals surface area contributed by atoms with Crippen molar-refractivity contribution in [2.75, 3.05) is 13.7 Å². The summed E-state index contributed by atoms with van der Waals surface area (Å²) in [5, 5.41) is 13.9. The van der Waals surface area contributed by atoms with E-state index in [2.05, 4.69) is 10.8 Å². The number of nitrogens with zero attached hydrogens (tertiary/aromatic N) is 1. The van der Waals surface area contributed by atoms with Gasteiger partial charge in [-0.15, -0.1) is 23.2 Å². The number of nitrogens with one attached hydrogen (secondary N) is 2. The first kappa shape index (κ1) is 24.5. The summed E-state index contributed by atoms with van der Waals surface area (Å²) >= 11 is 12.4. The van der Waals surface area contributed by atoms with Crippen LogP contribution in [-0.4, -0.2) is 81.7 Å². The zero-order valence-electron chi connectivity index (χ0n) is 18.8. The summed E-state index contributed by atoms with van der Waals surface area (Å²) in [5.41, 5.74) is 1.80. The summed E-state index contributed by atoms with van der Waals surface area (Å²) in [6, 6.07) is 0.142. The molecule has 5 fully saturated rings. The van der Waals surface area contributed by atoms with E-state index >= 15 is 0 Å². The maximum Gasteiger partial charge on any atom is 0.254 e. The van der Waals surface area contributed by atoms with Gasteiger partial charge in [0, 0.05) is 25.0 Å². The highest BCUT2D eigenvalue weighted by molar-refractivity contribution is 6.30. The first-order valence-electron chi connectivity index (χ1n) is 11.7. The Balaban J connectivity index is 1.30. The molecule has 1 aliphatic heterocycles. The first-order chi connectivity index (χ1) is 15.1. The van der Waals surface area contributed by atoms with Crippen LogP contribution in [0.1, 0.15) is 64.7 Å². The molecule has 0 aromatic heterocycles. The Bertz CT molecular complexity index is 718. The van der Waals surface area contributed by atoms with E-state index in [0.29, 0.717) is 32.1 Å². The highest BCUT2D eigenvalue weighted by Crippen LogP contribution is 2.50. The van der Waals surface area contributed by atoms with Crippen molar-refractivity contribution in [1.29, 1.82) is 0 Å². The Morgan fingerprint density at radius 2 is 1.91 bits per heavy atom. The molecule has 3 N–H and O–H groups in total. The number of alkyl halides is 2. The van der Waals surface area contributed by atoms with E-state index in [1.165, 1.54) is 0 Å². The number of likely N-dealkylation sites (N-methyl/N-ethyl adjacent to an activating group) is 1. The van der Waals surface area contributed by atoms with Crippen molar-refractivity contribution in [1.82, 2.24) is 15.7 Å². The lowest BCUT2D eigenvalue weighted by atomic mass is 9.59. The minimum absolute atomic E-state index is 0.0472. The average Bonchev–Trinajstić information content (AvgIpc) is 3.21. The molecule has 182 valence electrons. The molecule has 1 heterocycles. The number of carbonyl (C=O) groups is 2. The lowest BCUT2D eigenvalue weighted by Crippen LogP contribution is -2.70. The first-order valence-corrected chi connectivity index (χ1v) is 12.6. The maximum atomic E-state index is 13.0. The van der Waals surface area contributed by atoms with Gasteiger partial charge in [0.15, 0.2) is 6.10 Å². The van der Waals surface area contributed by atoms with E-state index in [9.17, 15) is 14.7 Å². The molecule has 0 spiro atoms. The Labute approximate surface area is 199 Å². The van der Waals surface area contributed by atoms with Gasteiger partial charge in [0.1, 0.15) is 6.61 Å². The van der Waals surface area contributed by atoms with E-state index < -0.39 is 23.3 Å². The molecule has 5 aliphatic rings. The summed E-state index contributed by atoms with van der Waals surface area (Å²) in [6.45, 7) is 1.93. The van der Waals surface area contributed by atoms with Crippen molar-refractivity contribution < 1.29 is 24.3 Å². The molecule has 4 saturated carbocycles. The van der Waals surface area contributed by atoms with Gasteiger partial charge in [-0.2, -0.15) is 5.48 Å². The molecule has 5 rings (SSSR count). The number of hydrogen-bond donors (Lipinski definition) is 3. The van der Waals surface area contributed by atoms with Crippen LogP contribution in [0.25, 0.3) is 0 Å². The smallest absolute Gasteiger partial charge is 0.254 e. The minimum Gasteiger partial charge on any atom is -0.391 e. The lowest BCUT2D eigenvalue weighted by Gasteiger charge is -2.59. The van der Waals surface area contributed by atoms with Gasteiger partial charge in [-0.3, -0.25) is 14.4 Å². The van der Waals surface area contributed by atoms with Crippen molar-refractivity contribution in [3.8, 4) is 0 Å². The fourth-order valence-corrected chi connectivity index (χ4v) is 6.41. The number of amides is 2. The Morgan fingerprint density at radius 3 is 2.50 bits per heavy atom. The highest BCUT2D eigenvalue weighted by atomic mass is 35.5. The van der Waals surface area contributed by atoms with E-state index in [1.54, 1.807) is 4.90 Å². The van der Waals surface area contributed by atoms with E-state index in [-0.39, 0.29) is 41.3 Å². The molecule has 0 aromatic carbocycles. The average molecular weight is 492 g/mol. The lowest BCUT2D eigenvalue weighted by molar-refractivity contribution is -0.162. The largest absolute Gasteiger partial charge is 0.391 e. The molecule has 0 aromatic rings. The number of aliphatic hydroxyl groups excluding tert-OH is 1. The van der Waals surface area contributed by atoms with Gasteiger partial charge in [0.2, 0.25) is 5.91 Å². The van der Waals surface area contributed by atoms with Crippen LogP contribution in [0, 0.1) is 0 Å². The van der Waals surface area contributed by atoms with Gasteiger partial charge >= 0.3 is 0 Å². The number of hydroxylamine groups is 1. The summed E-state index contributed by atoms with van der Waals surface area (Å²) < 4.78 is 5.79. The Kier molecular flexibility index (Phi) is 7.30. The molecular weight excluding hydrogens is 457 g/mol. The van der Waals surface area contributed by atoms with Crippen molar-refractivity contribution in [2.24, 2.45) is 0 Å². The van der Waals surface area contributed by atoms with Crippen molar-refractivity contribution in [3.05, 3.63) is 0 Å². The Morgan fingerprint density at radius 1 is 1.19 bits per heavy atom. The topological polar surface area (TPSA) is 100 Å². The monoisotopic (exact) mass is 491 g/mol. The molecule has 4 aliphatic carbocycles. The number of hydrogen-bond acceptors (Lipinski definition) is 6. The van der Waals surface area contributed by atoms with Crippen LogP contribution >= 0.6 is 23.2 Å². The normalized spacial score (nSPS) is 43.8. The van der Waals surface area contributed by atoms with Gasteiger partial charge in [-0.05, 0) is 58.3 Å². The van der Waals surface area contributed by atoms with Gasteiger partial charge in [0.25, 0.3) is 5.91 Å². The molecule has 6 atom stereocenters. The number of halogens is 2. The minimum atomic E-state index is -0.718. The van der Waals surface area contributed by atoms with E-state index in [4.69, 9.17) is 32.8 Å². The third kappa shape index (κ3) is 4.77. The summed E-state index contributed by atoms with van der Waals surface area (Å²) in [4.78, 5) is 32.9. The Hall–Kier alpha value is -0.640. The number of fused-ring (bicyclic) bond motifs is 3. The second-order valence-corrected chi connectivity index (χ2v) is 11.3. The third-order valence-corrected chi connectivity index (χ3v) is 9.20. The van der Waals surface area contributed by atoms with Crippen molar-refractivity contribution in [3.63, 3.8) is 0 Å². The second kappa shape index (κ2) is 9.55. The molecule has 32 heavy (non-hydrogen) atoms. The van der Waals surface area contributed by atoms with Gasteiger partial charge in [-0.25, -0.2) is 0 Å². The van der Waals surface area contributed by atoms with Gasteiger partial charge < -0.3 is 20.1 Å². The molecular formula is C22H35Cl2N3O5. The zero-order chi connectivity index (χ0) is 23.1. The van der Waals surface area contributed by atoms with E-state index in [1.807, 2.05) is 14.0 Å². The summed E-state index contributed by atoms with van der Waals surface area (Å²) in [6.07, 6.45) is 4.72. The van der Waals surface area contributed by atoms with Crippen LogP contribution in [0.5, 0.6) is 0 Å². The summed E-state index contributed by atoms with van der Waals surface area (Å²) in [5.74, 6) is -0.272. The molecule has 2 bridgehead atoms. The fraction of sp³-hybridized carbons (Fsp3) is 0.909. The molecule has 8 nitrogen and oxygen atoms in total. The quantitative estimate of drug-likeness (QED) is 0.490. The standard InChI is InChI=1S/C22H35Cl2N3O5/c1-13-9-17(32-26-13)20(30)27(2)21-5-7-22(8-6-21,18(28)11-21)25-19(29)12-31-14-3-4-15(23)16(24)10-14/h13-18,26,28H,3-12H2,1-2H3,(H,25,29)/t13?,14?,15?,16?,17?,18-,21?,22?/m0/s1. The number of ether oxygens (including phenoxy) is 1. The van der Waals surface area contributed by atoms with Gasteiger partial charge in [-0.1, -0.05) is 0 Å². The predicted molar refractivity (Wildman–Crippen MR) is 120 cm³/mol. The van der Waals surface area contributed by atoms with Crippen molar-refractivity contribution >= 4 is 35.0 Å². The zero-order valence-corrected chi connectivity index (χ0v) is 20.3. The van der Waals surface area contributed by atoms with Crippen LogP contribution in [0.3, 0.4) is 0 Å². The number of rotatable bonds is 6. The fourth-order valence-electron chi connectivity index (χ4n) is 5.85. The summed E-state index contributed by atoms with van der Waals surface area (Å²) in [7, 11) is 1.81. The van der Waals surface area contributed by atoms with Crippen LogP contribution in [-0.2, 0) is 19.2 Å². The van der Waals surface area contributed by atoms with Crippen LogP contribution < -0.4 is 10.8 Å². The highest BCUT2D eigenvalue weighted by Gasteiger charge is 2.57. The third-order valence-electron chi connectivity index (χ3n) is 8.06. The second-order valence-electron chi connectivity index (χ2n) is 10.2. The van der Waals surface area contributed by atoms with Crippen LogP contribution in [0.2, 0.25) is 0 Å². The molecule has 5 unspecified atom stereocenters. The molecule has 0 radical (unpaired) electrons. The number of aliphatic hydroxyl groups is 1. The maximum absolute atomic E-state index is 13.0. The number of carbonyl (C=O) groups excluding carboxylic acids is 2. The van der Waals surface area contributed by atoms with Crippen LogP contribution in [0.15, 0.2) is 0 Å². The SMILES string of the molecule is CC1CC(C(=O)N(C)C23CCC(NC(=O)COC4CCC(Cl)C(Cl)C4)(CC2)[C@@H](O)C3)ON1. The van der Waals surface area contributed by atoms with Gasteiger partial charge in [0.05, 0.1) is 28.5 Å². The molecule has 2 amide bonds. The molecule has 10 heteroatoms.